The molecule has 0 atom stereocenters. The third-order valence-corrected chi connectivity index (χ3v) is 4.06. The van der Waals surface area contributed by atoms with Crippen molar-refractivity contribution in [1.82, 2.24) is 4.90 Å². The van der Waals surface area contributed by atoms with E-state index in [4.69, 9.17) is 0 Å². The molecule has 0 saturated heterocycles. The molecule has 0 unspecified atom stereocenters. The van der Waals surface area contributed by atoms with Crippen molar-refractivity contribution in [1.29, 1.82) is 0 Å². The summed E-state index contributed by atoms with van der Waals surface area (Å²) in [6, 6.07) is 12.0. The molecule has 0 radical (unpaired) electrons. The molecule has 0 aliphatic carbocycles. The number of aryl methyl sites for hydroxylation is 1. The minimum atomic E-state index is -0.230. The van der Waals surface area contributed by atoms with Gasteiger partial charge in [0.1, 0.15) is 0 Å². The number of anilines is 2. The van der Waals surface area contributed by atoms with Crippen LogP contribution < -0.4 is 10.6 Å². The maximum Gasteiger partial charge on any atom is 0.255 e. The van der Waals surface area contributed by atoms with Gasteiger partial charge in [0.05, 0.1) is 0 Å². The lowest BCUT2D eigenvalue weighted by Gasteiger charge is -2.17. The van der Waals surface area contributed by atoms with Crippen LogP contribution in [0.2, 0.25) is 0 Å². The fraction of sp³-hybridized carbons (Fsp3) is 0.211. The van der Waals surface area contributed by atoms with Crippen LogP contribution in [-0.4, -0.2) is 36.7 Å². The molecule has 6 nitrogen and oxygen atoms in total. The summed E-state index contributed by atoms with van der Waals surface area (Å²) in [5, 5.41) is 5.61. The zero-order chi connectivity index (χ0) is 18.0. The minimum absolute atomic E-state index is 0.00272. The lowest BCUT2D eigenvalue weighted by atomic mass is 10.00. The Kier molecular flexibility index (Phi) is 4.52. The van der Waals surface area contributed by atoms with Crippen LogP contribution in [0.4, 0.5) is 11.4 Å². The van der Waals surface area contributed by atoms with Crippen LogP contribution in [0.15, 0.2) is 42.5 Å². The predicted octanol–water partition coefficient (Wildman–Crippen LogP) is 2.53. The van der Waals surface area contributed by atoms with Gasteiger partial charge in [-0.05, 0) is 54.4 Å². The second kappa shape index (κ2) is 6.76. The van der Waals surface area contributed by atoms with Crippen molar-refractivity contribution in [2.75, 3.05) is 24.7 Å². The largest absolute Gasteiger partial charge is 0.345 e. The standard InChI is InChI=1S/C19H19N3O3/c1-22(2)19(25)12-3-7-15(8-4-12)20-18(24)14-5-9-16-13(11-14)6-10-17(23)21-16/h3-5,7-9,11H,6,10H2,1-2H3,(H,20,24)(H,21,23). The second-order valence-corrected chi connectivity index (χ2v) is 6.15. The molecule has 128 valence electrons. The van der Waals surface area contributed by atoms with Gasteiger partial charge in [0, 0.05) is 43.0 Å². The quantitative estimate of drug-likeness (QED) is 0.903. The Morgan fingerprint density at radius 2 is 1.68 bits per heavy atom. The summed E-state index contributed by atoms with van der Waals surface area (Å²) in [5.74, 6) is -0.321. The molecule has 3 rings (SSSR count). The van der Waals surface area contributed by atoms with Gasteiger partial charge in [-0.15, -0.1) is 0 Å². The number of nitrogens with zero attached hydrogens (tertiary/aromatic N) is 1. The van der Waals surface area contributed by atoms with Crippen LogP contribution >= 0.6 is 0 Å². The molecule has 25 heavy (non-hydrogen) atoms. The van der Waals surface area contributed by atoms with Gasteiger partial charge in [0.15, 0.2) is 0 Å². The number of fused-ring (bicyclic) bond motifs is 1. The SMILES string of the molecule is CN(C)C(=O)c1ccc(NC(=O)c2ccc3c(c2)CCC(=O)N3)cc1. The summed E-state index contributed by atoms with van der Waals surface area (Å²) in [6.07, 6.45) is 1.06. The van der Waals surface area contributed by atoms with Crippen molar-refractivity contribution < 1.29 is 14.4 Å². The normalized spacial score (nSPS) is 12.8. The number of carbonyl (C=O) groups is 3. The number of carbonyl (C=O) groups excluding carboxylic acids is 3. The molecule has 2 aromatic carbocycles. The van der Waals surface area contributed by atoms with Crippen molar-refractivity contribution in [3.8, 4) is 0 Å². The van der Waals surface area contributed by atoms with Gasteiger partial charge in [-0.3, -0.25) is 14.4 Å². The average Bonchev–Trinajstić information content (AvgIpc) is 2.61. The topological polar surface area (TPSA) is 78.5 Å². The van der Waals surface area contributed by atoms with Gasteiger partial charge in [-0.2, -0.15) is 0 Å². The highest BCUT2D eigenvalue weighted by molar-refractivity contribution is 6.05. The average molecular weight is 337 g/mol. The number of hydrogen-bond donors (Lipinski definition) is 2. The van der Waals surface area contributed by atoms with Crippen LogP contribution in [0.5, 0.6) is 0 Å². The van der Waals surface area contributed by atoms with Gasteiger partial charge in [-0.1, -0.05) is 0 Å². The number of amides is 3. The van der Waals surface area contributed by atoms with E-state index in [-0.39, 0.29) is 17.7 Å². The van der Waals surface area contributed by atoms with E-state index < -0.39 is 0 Å². The van der Waals surface area contributed by atoms with Crippen molar-refractivity contribution >= 4 is 29.1 Å². The Bertz CT molecular complexity index is 841. The van der Waals surface area contributed by atoms with Crippen LogP contribution in [0.25, 0.3) is 0 Å². The highest BCUT2D eigenvalue weighted by atomic mass is 16.2. The number of nitrogens with one attached hydrogen (secondary N) is 2. The fourth-order valence-corrected chi connectivity index (χ4v) is 2.68. The van der Waals surface area contributed by atoms with E-state index in [0.717, 1.165) is 11.3 Å². The second-order valence-electron chi connectivity index (χ2n) is 6.15. The van der Waals surface area contributed by atoms with Gasteiger partial charge >= 0.3 is 0 Å². The molecule has 2 N–H and O–H groups in total. The van der Waals surface area contributed by atoms with E-state index in [2.05, 4.69) is 10.6 Å². The first-order valence-corrected chi connectivity index (χ1v) is 8.00. The molecule has 0 saturated carbocycles. The van der Waals surface area contributed by atoms with Crippen LogP contribution in [-0.2, 0) is 11.2 Å². The zero-order valence-corrected chi connectivity index (χ0v) is 14.1. The molecule has 1 aliphatic heterocycles. The van der Waals surface area contributed by atoms with Gasteiger partial charge < -0.3 is 15.5 Å². The van der Waals surface area contributed by atoms with Crippen molar-refractivity contribution in [2.45, 2.75) is 12.8 Å². The lowest BCUT2D eigenvalue weighted by Crippen LogP contribution is -2.21. The lowest BCUT2D eigenvalue weighted by molar-refractivity contribution is -0.116. The Balaban J connectivity index is 1.72. The van der Waals surface area contributed by atoms with E-state index in [1.165, 1.54) is 4.90 Å². The molecule has 0 bridgehead atoms. The molecule has 0 fully saturated rings. The Morgan fingerprint density at radius 3 is 2.36 bits per heavy atom. The predicted molar refractivity (Wildman–Crippen MR) is 95.8 cm³/mol. The van der Waals surface area contributed by atoms with Crippen molar-refractivity contribution in [3.05, 3.63) is 59.2 Å². The maximum atomic E-state index is 12.4. The Hall–Kier alpha value is -3.15. The molecular weight excluding hydrogens is 318 g/mol. The molecule has 2 aromatic rings. The fourth-order valence-electron chi connectivity index (χ4n) is 2.68. The number of hydrogen-bond acceptors (Lipinski definition) is 3. The van der Waals surface area contributed by atoms with Crippen LogP contribution in [0.3, 0.4) is 0 Å². The first kappa shape index (κ1) is 16.7. The summed E-state index contributed by atoms with van der Waals surface area (Å²) in [6.45, 7) is 0. The first-order chi connectivity index (χ1) is 11.9. The van der Waals surface area contributed by atoms with Crippen LogP contribution in [0.1, 0.15) is 32.7 Å². The molecular formula is C19H19N3O3. The highest BCUT2D eigenvalue weighted by Crippen LogP contribution is 2.24. The summed E-state index contributed by atoms with van der Waals surface area (Å²) in [4.78, 5) is 37.2. The molecule has 6 heteroatoms. The monoisotopic (exact) mass is 337 g/mol. The molecule has 1 aliphatic rings. The van der Waals surface area contributed by atoms with Gasteiger partial charge in [0.2, 0.25) is 5.91 Å². The molecule has 0 spiro atoms. The summed E-state index contributed by atoms with van der Waals surface area (Å²) in [5.41, 5.74) is 3.43. The Labute approximate surface area is 145 Å². The first-order valence-electron chi connectivity index (χ1n) is 8.00. The van der Waals surface area contributed by atoms with E-state index in [9.17, 15) is 14.4 Å². The van der Waals surface area contributed by atoms with E-state index >= 15 is 0 Å². The van der Waals surface area contributed by atoms with Crippen molar-refractivity contribution in [2.24, 2.45) is 0 Å². The third-order valence-electron chi connectivity index (χ3n) is 4.06. The third kappa shape index (κ3) is 3.68. The van der Waals surface area contributed by atoms with E-state index in [1.54, 1.807) is 56.6 Å². The van der Waals surface area contributed by atoms with E-state index in [1.807, 2.05) is 0 Å². The van der Waals surface area contributed by atoms with E-state index in [0.29, 0.717) is 29.7 Å². The molecule has 0 aromatic heterocycles. The maximum absolute atomic E-state index is 12.4. The Morgan fingerprint density at radius 1 is 1.00 bits per heavy atom. The highest BCUT2D eigenvalue weighted by Gasteiger charge is 2.17. The van der Waals surface area contributed by atoms with Crippen molar-refractivity contribution in [3.63, 3.8) is 0 Å². The smallest absolute Gasteiger partial charge is 0.255 e. The zero-order valence-electron chi connectivity index (χ0n) is 14.1. The number of rotatable bonds is 3. The molecule has 3 amide bonds. The number of benzene rings is 2. The summed E-state index contributed by atoms with van der Waals surface area (Å²) >= 11 is 0. The summed E-state index contributed by atoms with van der Waals surface area (Å²) in [7, 11) is 3.38. The van der Waals surface area contributed by atoms with Gasteiger partial charge in [0.25, 0.3) is 11.8 Å². The van der Waals surface area contributed by atoms with Crippen LogP contribution in [0, 0.1) is 0 Å². The van der Waals surface area contributed by atoms with Gasteiger partial charge in [-0.25, -0.2) is 0 Å². The molecule has 1 heterocycles. The minimum Gasteiger partial charge on any atom is -0.345 e. The summed E-state index contributed by atoms with van der Waals surface area (Å²) < 4.78 is 0.